The van der Waals surface area contributed by atoms with Gasteiger partial charge in [0.05, 0.1) is 5.69 Å². The molecule has 0 atom stereocenters. The fraction of sp³-hybridized carbons (Fsp3) is 0.150. The van der Waals surface area contributed by atoms with Gasteiger partial charge in [-0.2, -0.15) is 0 Å². The average Bonchev–Trinajstić information content (AvgIpc) is 3.31. The van der Waals surface area contributed by atoms with Crippen molar-refractivity contribution >= 4 is 28.6 Å². The van der Waals surface area contributed by atoms with Gasteiger partial charge in [-0.15, -0.1) is 11.3 Å². The van der Waals surface area contributed by atoms with Gasteiger partial charge in [-0.3, -0.25) is 4.79 Å². The summed E-state index contributed by atoms with van der Waals surface area (Å²) in [5, 5.41) is 12.9. The molecular formula is C20H19N5O2S. The smallest absolute Gasteiger partial charge is 0.254 e. The number of phenolic OH excluding ortho intramolecular Hbond substituents is 1. The molecule has 0 unspecified atom stereocenters. The summed E-state index contributed by atoms with van der Waals surface area (Å²) in [7, 11) is 0. The lowest BCUT2D eigenvalue weighted by Crippen LogP contribution is -2.16. The Hall–Kier alpha value is -3.39. The number of benzene rings is 1. The van der Waals surface area contributed by atoms with Gasteiger partial charge in [0.25, 0.3) is 5.91 Å². The number of anilines is 1. The summed E-state index contributed by atoms with van der Waals surface area (Å²) < 4.78 is 1.74. The summed E-state index contributed by atoms with van der Waals surface area (Å²) in [5.41, 5.74) is 16.6. The van der Waals surface area contributed by atoms with Gasteiger partial charge in [-0.1, -0.05) is 13.0 Å². The molecule has 0 aliphatic carbocycles. The number of hydrogen-bond donors (Lipinski definition) is 3. The number of primary amides is 1. The number of rotatable bonds is 4. The van der Waals surface area contributed by atoms with Crippen molar-refractivity contribution in [3.8, 4) is 27.6 Å². The topological polar surface area (TPSA) is 120 Å². The highest BCUT2D eigenvalue weighted by Crippen LogP contribution is 2.39. The van der Waals surface area contributed by atoms with E-state index < -0.39 is 5.91 Å². The SMILES string of the molecule is CCc1c(O)ccc(C)c1-c1cn2cc(-c3nccs3)nc2c(C(N)=O)c1N. The molecule has 3 heterocycles. The number of phenols is 1. The Balaban J connectivity index is 2.08. The van der Waals surface area contributed by atoms with E-state index in [0.717, 1.165) is 21.7 Å². The van der Waals surface area contributed by atoms with Crippen molar-refractivity contribution in [1.82, 2.24) is 14.4 Å². The zero-order chi connectivity index (χ0) is 20.0. The molecule has 0 aliphatic rings. The third-order valence-electron chi connectivity index (χ3n) is 4.80. The molecule has 3 aromatic heterocycles. The minimum absolute atomic E-state index is 0.158. The molecule has 0 fully saturated rings. The van der Waals surface area contributed by atoms with E-state index >= 15 is 0 Å². The van der Waals surface area contributed by atoms with Crippen LogP contribution in [-0.2, 0) is 6.42 Å². The third kappa shape index (κ3) is 2.69. The number of aromatic hydroxyl groups is 1. The highest BCUT2D eigenvalue weighted by Gasteiger charge is 2.23. The fourth-order valence-corrected chi connectivity index (χ4v) is 4.11. The summed E-state index contributed by atoms with van der Waals surface area (Å²) in [5.74, 6) is -0.464. The van der Waals surface area contributed by atoms with Crippen LogP contribution in [0, 0.1) is 6.92 Å². The van der Waals surface area contributed by atoms with Crippen molar-refractivity contribution in [3.05, 3.63) is 52.8 Å². The van der Waals surface area contributed by atoms with E-state index in [2.05, 4.69) is 9.97 Å². The highest BCUT2D eigenvalue weighted by atomic mass is 32.1. The summed E-state index contributed by atoms with van der Waals surface area (Å²) in [6, 6.07) is 3.49. The van der Waals surface area contributed by atoms with E-state index in [1.54, 1.807) is 22.9 Å². The molecule has 8 heteroatoms. The monoisotopic (exact) mass is 393 g/mol. The number of pyridine rings is 1. The standard InChI is InChI=1S/C20H19N5O2S/c1-3-11-14(26)5-4-10(2)15(11)12-8-25-9-13(20-23-6-7-28-20)24-19(25)16(17(12)21)18(22)27/h4-9,26H,3,21H2,1-2H3,(H2,22,27). The number of imidazole rings is 1. The van der Waals surface area contributed by atoms with E-state index in [0.29, 0.717) is 23.3 Å². The van der Waals surface area contributed by atoms with Crippen molar-refractivity contribution in [2.24, 2.45) is 5.73 Å². The number of fused-ring (bicyclic) bond motifs is 1. The van der Waals surface area contributed by atoms with Gasteiger partial charge in [0.15, 0.2) is 5.65 Å². The molecule has 0 saturated heterocycles. The lowest BCUT2D eigenvalue weighted by molar-refractivity contribution is 0.100. The van der Waals surface area contributed by atoms with Crippen LogP contribution in [0.3, 0.4) is 0 Å². The third-order valence-corrected chi connectivity index (χ3v) is 5.60. The zero-order valence-corrected chi connectivity index (χ0v) is 16.2. The Morgan fingerprint density at radius 3 is 2.75 bits per heavy atom. The van der Waals surface area contributed by atoms with Crippen LogP contribution in [0.25, 0.3) is 27.5 Å². The number of hydrogen-bond acceptors (Lipinski definition) is 6. The second-order valence-corrected chi connectivity index (χ2v) is 7.39. The Morgan fingerprint density at radius 2 is 2.11 bits per heavy atom. The van der Waals surface area contributed by atoms with Crippen LogP contribution >= 0.6 is 11.3 Å². The predicted octanol–water partition coefficient (Wildman–Crippen LogP) is 3.38. The Labute approximate surface area is 165 Å². The maximum atomic E-state index is 12.2. The van der Waals surface area contributed by atoms with Crippen LogP contribution in [0.2, 0.25) is 0 Å². The van der Waals surface area contributed by atoms with E-state index in [9.17, 15) is 9.90 Å². The van der Waals surface area contributed by atoms with Crippen LogP contribution in [0.5, 0.6) is 5.75 Å². The number of nitrogens with two attached hydrogens (primary N) is 2. The highest BCUT2D eigenvalue weighted by molar-refractivity contribution is 7.13. The van der Waals surface area contributed by atoms with Gasteiger partial charge in [0, 0.05) is 35.1 Å². The Kier molecular flexibility index (Phi) is 4.27. The van der Waals surface area contributed by atoms with Gasteiger partial charge >= 0.3 is 0 Å². The molecular weight excluding hydrogens is 374 g/mol. The minimum Gasteiger partial charge on any atom is -0.508 e. The first kappa shape index (κ1) is 18.0. The van der Waals surface area contributed by atoms with Crippen LogP contribution in [0.1, 0.15) is 28.4 Å². The number of thiazole rings is 1. The molecule has 142 valence electrons. The summed E-state index contributed by atoms with van der Waals surface area (Å²) in [4.78, 5) is 21.1. The second kappa shape index (κ2) is 6.65. The number of aromatic nitrogens is 3. The lowest BCUT2D eigenvalue weighted by atomic mass is 9.91. The molecule has 1 amide bonds. The molecule has 4 rings (SSSR count). The summed E-state index contributed by atoms with van der Waals surface area (Å²) >= 11 is 1.45. The molecule has 0 saturated carbocycles. The van der Waals surface area contributed by atoms with Gasteiger partial charge in [-0.25, -0.2) is 9.97 Å². The Morgan fingerprint density at radius 1 is 1.32 bits per heavy atom. The van der Waals surface area contributed by atoms with Gasteiger partial charge in [0.2, 0.25) is 0 Å². The molecule has 0 bridgehead atoms. The molecule has 7 nitrogen and oxygen atoms in total. The number of nitrogens with zero attached hydrogens (tertiary/aromatic N) is 3. The van der Waals surface area contributed by atoms with Crippen molar-refractivity contribution in [2.45, 2.75) is 20.3 Å². The summed E-state index contributed by atoms with van der Waals surface area (Å²) in [6.45, 7) is 3.90. The first-order valence-electron chi connectivity index (χ1n) is 8.75. The van der Waals surface area contributed by atoms with Crippen molar-refractivity contribution in [2.75, 3.05) is 5.73 Å². The average molecular weight is 393 g/mol. The number of amides is 1. The van der Waals surface area contributed by atoms with Gasteiger partial charge < -0.3 is 21.0 Å². The molecule has 5 N–H and O–H groups in total. The number of nitrogen functional groups attached to an aromatic ring is 1. The minimum atomic E-state index is -0.656. The van der Waals surface area contributed by atoms with Crippen molar-refractivity contribution in [1.29, 1.82) is 0 Å². The first-order chi connectivity index (χ1) is 13.4. The number of carbonyl (C=O) groups is 1. The van der Waals surface area contributed by atoms with E-state index in [1.807, 2.05) is 31.5 Å². The van der Waals surface area contributed by atoms with Crippen molar-refractivity contribution < 1.29 is 9.90 Å². The Bertz CT molecular complexity index is 1210. The number of aryl methyl sites for hydroxylation is 1. The quantitative estimate of drug-likeness (QED) is 0.491. The van der Waals surface area contributed by atoms with E-state index in [4.69, 9.17) is 11.5 Å². The van der Waals surface area contributed by atoms with Gasteiger partial charge in [-0.05, 0) is 30.5 Å². The molecule has 0 aliphatic heterocycles. The zero-order valence-electron chi connectivity index (χ0n) is 15.4. The first-order valence-corrected chi connectivity index (χ1v) is 9.63. The van der Waals surface area contributed by atoms with E-state index in [1.165, 1.54) is 11.3 Å². The maximum absolute atomic E-state index is 12.2. The molecule has 4 aromatic rings. The number of carbonyl (C=O) groups excluding carboxylic acids is 1. The largest absolute Gasteiger partial charge is 0.508 e. The van der Waals surface area contributed by atoms with Crippen LogP contribution in [0.15, 0.2) is 36.1 Å². The molecule has 28 heavy (non-hydrogen) atoms. The van der Waals surface area contributed by atoms with E-state index in [-0.39, 0.29) is 17.0 Å². The second-order valence-electron chi connectivity index (χ2n) is 6.50. The van der Waals surface area contributed by atoms with Crippen LogP contribution in [-0.4, -0.2) is 25.4 Å². The summed E-state index contributed by atoms with van der Waals surface area (Å²) in [6.07, 6.45) is 5.93. The normalized spacial score (nSPS) is 11.2. The maximum Gasteiger partial charge on any atom is 0.254 e. The van der Waals surface area contributed by atoms with Crippen molar-refractivity contribution in [3.63, 3.8) is 0 Å². The molecule has 1 aromatic carbocycles. The fourth-order valence-electron chi connectivity index (χ4n) is 3.52. The molecule has 0 radical (unpaired) electrons. The van der Waals surface area contributed by atoms with Crippen LogP contribution in [0.4, 0.5) is 5.69 Å². The lowest BCUT2D eigenvalue weighted by Gasteiger charge is -2.17. The predicted molar refractivity (Wildman–Crippen MR) is 110 cm³/mol. The van der Waals surface area contributed by atoms with Gasteiger partial charge in [0.1, 0.15) is 22.0 Å². The van der Waals surface area contributed by atoms with Crippen LogP contribution < -0.4 is 11.5 Å². The molecule has 0 spiro atoms.